The van der Waals surface area contributed by atoms with Gasteiger partial charge < -0.3 is 0 Å². The van der Waals surface area contributed by atoms with Gasteiger partial charge in [-0.3, -0.25) is 4.90 Å². The predicted octanol–water partition coefficient (Wildman–Crippen LogP) is 4.33. The average Bonchev–Trinajstić information content (AvgIpc) is 2.34. The molecule has 0 N–H and O–H groups in total. The Morgan fingerprint density at radius 1 is 1.39 bits per heavy atom. The van der Waals surface area contributed by atoms with E-state index < -0.39 is 11.6 Å². The predicted molar refractivity (Wildman–Crippen MR) is 75.8 cm³/mol. The highest BCUT2D eigenvalue weighted by molar-refractivity contribution is 9.10. The summed E-state index contributed by atoms with van der Waals surface area (Å²) in [5.74, 6) is -0.348. The van der Waals surface area contributed by atoms with E-state index >= 15 is 0 Å². The van der Waals surface area contributed by atoms with Gasteiger partial charge in [0.05, 0.1) is 4.47 Å². The normalized spacial score (nSPS) is 25.4. The minimum absolute atomic E-state index is 0.152. The van der Waals surface area contributed by atoms with E-state index in [1.165, 1.54) is 12.1 Å². The van der Waals surface area contributed by atoms with Crippen molar-refractivity contribution in [3.05, 3.63) is 33.8 Å². The number of rotatable bonds is 2. The summed E-state index contributed by atoms with van der Waals surface area (Å²) >= 11 is 6.72. The number of hydrogen-bond donors (Lipinski definition) is 0. The fraction of sp³-hybridized carbons (Fsp3) is 0.538. The summed E-state index contributed by atoms with van der Waals surface area (Å²) in [6.07, 6.45) is 1.05. The summed E-state index contributed by atoms with van der Waals surface area (Å²) in [7, 11) is 0. The van der Waals surface area contributed by atoms with Gasteiger partial charge in [0.2, 0.25) is 0 Å². The first kappa shape index (κ1) is 14.4. The molecule has 100 valence electrons. The monoisotopic (exact) mass is 381 g/mol. The van der Waals surface area contributed by atoms with Gasteiger partial charge in [0.15, 0.2) is 0 Å². The van der Waals surface area contributed by atoms with Crippen molar-refractivity contribution < 1.29 is 8.78 Å². The van der Waals surface area contributed by atoms with Crippen molar-refractivity contribution in [2.75, 3.05) is 13.1 Å². The fourth-order valence-electron chi connectivity index (χ4n) is 2.17. The van der Waals surface area contributed by atoms with Crippen molar-refractivity contribution >= 4 is 31.9 Å². The lowest BCUT2D eigenvalue weighted by Gasteiger charge is -2.34. The Morgan fingerprint density at radius 2 is 2.11 bits per heavy atom. The summed E-state index contributed by atoms with van der Waals surface area (Å²) in [4.78, 5) is 2.48. The molecule has 1 fully saturated rings. The van der Waals surface area contributed by atoms with Crippen molar-refractivity contribution in [1.82, 2.24) is 4.90 Å². The van der Waals surface area contributed by atoms with E-state index in [1.54, 1.807) is 0 Å². The van der Waals surface area contributed by atoms with Crippen LogP contribution >= 0.6 is 31.9 Å². The SMILES string of the molecule is CC1CCN(Cc2c(F)ccc(Br)c2F)CC1Br. The van der Waals surface area contributed by atoms with Crippen LogP contribution in [0.5, 0.6) is 0 Å². The molecule has 1 aromatic carbocycles. The third-order valence-electron chi connectivity index (χ3n) is 3.47. The maximum absolute atomic E-state index is 13.9. The average molecular weight is 383 g/mol. The third kappa shape index (κ3) is 3.11. The van der Waals surface area contributed by atoms with Crippen LogP contribution < -0.4 is 0 Å². The summed E-state index contributed by atoms with van der Waals surface area (Å²) in [6, 6.07) is 2.71. The van der Waals surface area contributed by atoms with Crippen molar-refractivity contribution in [3.63, 3.8) is 0 Å². The lowest BCUT2D eigenvalue weighted by Crippen LogP contribution is -2.39. The molecule has 0 saturated carbocycles. The van der Waals surface area contributed by atoms with E-state index in [0.717, 1.165) is 19.5 Å². The van der Waals surface area contributed by atoms with E-state index in [1.807, 2.05) is 0 Å². The Morgan fingerprint density at radius 3 is 2.78 bits per heavy atom. The third-order valence-corrected chi connectivity index (χ3v) is 5.28. The summed E-state index contributed by atoms with van der Waals surface area (Å²) in [6.45, 7) is 4.23. The van der Waals surface area contributed by atoms with Gasteiger partial charge in [-0.15, -0.1) is 0 Å². The van der Waals surface area contributed by atoms with Crippen LogP contribution in [-0.2, 0) is 6.54 Å². The van der Waals surface area contributed by atoms with Gasteiger partial charge in [0.25, 0.3) is 0 Å². The molecule has 0 spiro atoms. The first-order valence-electron chi connectivity index (χ1n) is 5.98. The zero-order valence-corrected chi connectivity index (χ0v) is 13.3. The molecule has 1 saturated heterocycles. The van der Waals surface area contributed by atoms with E-state index in [-0.39, 0.29) is 5.56 Å². The Balaban J connectivity index is 2.13. The second-order valence-corrected chi connectivity index (χ2v) is 6.87. The molecule has 0 aliphatic carbocycles. The number of likely N-dealkylation sites (tertiary alicyclic amines) is 1. The standard InChI is InChI=1S/C13H15Br2F2N/c1-8-4-5-18(7-11(8)15)6-9-12(16)3-2-10(14)13(9)17/h2-3,8,11H,4-7H2,1H3. The van der Waals surface area contributed by atoms with Crippen LogP contribution in [0, 0.1) is 17.6 Å². The molecule has 0 amide bonds. The topological polar surface area (TPSA) is 3.24 Å². The van der Waals surface area contributed by atoms with E-state index in [2.05, 4.69) is 43.7 Å². The molecule has 0 aromatic heterocycles. The zero-order chi connectivity index (χ0) is 13.3. The van der Waals surface area contributed by atoms with Crippen LogP contribution in [0.4, 0.5) is 8.78 Å². The van der Waals surface area contributed by atoms with E-state index in [0.29, 0.717) is 21.8 Å². The highest BCUT2D eigenvalue weighted by atomic mass is 79.9. The van der Waals surface area contributed by atoms with Crippen LogP contribution in [0.15, 0.2) is 16.6 Å². The van der Waals surface area contributed by atoms with Crippen molar-refractivity contribution in [2.45, 2.75) is 24.7 Å². The van der Waals surface area contributed by atoms with Crippen LogP contribution in [0.3, 0.4) is 0 Å². The number of piperidine rings is 1. The highest BCUT2D eigenvalue weighted by Crippen LogP contribution is 2.27. The number of alkyl halides is 1. The molecule has 2 atom stereocenters. The largest absolute Gasteiger partial charge is 0.298 e. The number of nitrogens with zero attached hydrogens (tertiary/aromatic N) is 1. The number of benzene rings is 1. The summed E-state index contributed by atoms with van der Waals surface area (Å²) in [5.41, 5.74) is 0.152. The van der Waals surface area contributed by atoms with Crippen molar-refractivity contribution in [1.29, 1.82) is 0 Å². The lowest BCUT2D eigenvalue weighted by atomic mass is 9.98. The molecular formula is C13H15Br2F2N. The second kappa shape index (κ2) is 5.97. The first-order valence-corrected chi connectivity index (χ1v) is 7.68. The smallest absolute Gasteiger partial charge is 0.144 e. The van der Waals surface area contributed by atoms with Gasteiger partial charge in [-0.1, -0.05) is 22.9 Å². The highest BCUT2D eigenvalue weighted by Gasteiger charge is 2.25. The minimum Gasteiger partial charge on any atom is -0.298 e. The molecule has 2 rings (SSSR count). The molecule has 18 heavy (non-hydrogen) atoms. The summed E-state index contributed by atoms with van der Waals surface area (Å²) in [5, 5.41) is 0. The van der Waals surface area contributed by atoms with Crippen molar-refractivity contribution in [3.8, 4) is 0 Å². The molecule has 2 unspecified atom stereocenters. The van der Waals surface area contributed by atoms with Gasteiger partial charge >= 0.3 is 0 Å². The molecule has 0 bridgehead atoms. The lowest BCUT2D eigenvalue weighted by molar-refractivity contribution is 0.189. The maximum atomic E-state index is 13.9. The second-order valence-electron chi connectivity index (χ2n) is 4.84. The van der Waals surface area contributed by atoms with Gasteiger partial charge in [-0.05, 0) is 46.9 Å². The van der Waals surface area contributed by atoms with Gasteiger partial charge in [-0.25, -0.2) is 8.78 Å². The first-order chi connectivity index (χ1) is 8.49. The quantitative estimate of drug-likeness (QED) is 0.543. The Bertz CT molecular complexity index is 439. The molecule has 1 nitrogen and oxygen atoms in total. The molecule has 1 aliphatic heterocycles. The molecular weight excluding hydrogens is 368 g/mol. The Labute approximate surface area is 123 Å². The molecule has 1 aromatic rings. The summed E-state index contributed by atoms with van der Waals surface area (Å²) < 4.78 is 27.8. The van der Waals surface area contributed by atoms with Crippen molar-refractivity contribution in [2.24, 2.45) is 5.92 Å². The van der Waals surface area contributed by atoms with Crippen LogP contribution in [0.1, 0.15) is 18.9 Å². The number of hydrogen-bond acceptors (Lipinski definition) is 1. The van der Waals surface area contributed by atoms with Gasteiger partial charge in [0.1, 0.15) is 11.6 Å². The Kier molecular flexibility index (Phi) is 4.78. The van der Waals surface area contributed by atoms with E-state index in [4.69, 9.17) is 0 Å². The van der Waals surface area contributed by atoms with Crippen LogP contribution in [-0.4, -0.2) is 22.8 Å². The zero-order valence-electron chi connectivity index (χ0n) is 10.1. The molecule has 0 radical (unpaired) electrons. The fourth-order valence-corrected chi connectivity index (χ4v) is 3.21. The molecule has 1 aliphatic rings. The van der Waals surface area contributed by atoms with E-state index in [9.17, 15) is 8.78 Å². The minimum atomic E-state index is -0.486. The van der Waals surface area contributed by atoms with Gasteiger partial charge in [-0.2, -0.15) is 0 Å². The molecule has 5 heteroatoms. The van der Waals surface area contributed by atoms with Gasteiger partial charge in [0, 0.05) is 23.5 Å². The van der Waals surface area contributed by atoms with Crippen LogP contribution in [0.2, 0.25) is 0 Å². The Hall–Kier alpha value is -0.0000000000000000555. The van der Waals surface area contributed by atoms with Crippen LogP contribution in [0.25, 0.3) is 0 Å². The maximum Gasteiger partial charge on any atom is 0.144 e. The number of halogens is 4. The molecule has 1 heterocycles.